The predicted octanol–water partition coefficient (Wildman–Crippen LogP) is 4.01. The largest absolute Gasteiger partial charge is 0.379 e. The molecule has 0 unspecified atom stereocenters. The van der Waals surface area contributed by atoms with Gasteiger partial charge < -0.3 is 15.4 Å². The van der Waals surface area contributed by atoms with Crippen LogP contribution in [-0.2, 0) is 18.8 Å². The summed E-state index contributed by atoms with van der Waals surface area (Å²) in [6.07, 6.45) is 2.81. The maximum atomic E-state index is 5.62. The van der Waals surface area contributed by atoms with Crippen LogP contribution >= 0.6 is 0 Å². The Morgan fingerprint density at radius 3 is 2.77 bits per heavy atom. The Hall–Kier alpha value is -3.39. The number of rotatable bonds is 5. The van der Waals surface area contributed by atoms with E-state index in [0.717, 1.165) is 52.6 Å². The van der Waals surface area contributed by atoms with Crippen molar-refractivity contribution in [3.63, 3.8) is 0 Å². The monoisotopic (exact) mass is 417 g/mol. The number of nitrogens with zero attached hydrogens (tertiary/aromatic N) is 5. The molecule has 1 atom stereocenters. The molecule has 160 valence electrons. The third-order valence-electron chi connectivity index (χ3n) is 5.81. The van der Waals surface area contributed by atoms with Crippen LogP contribution in [0, 0.1) is 6.92 Å². The van der Waals surface area contributed by atoms with E-state index >= 15 is 0 Å². The Bertz CT molecular complexity index is 1250. The lowest BCUT2D eigenvalue weighted by Gasteiger charge is -2.25. The fourth-order valence-electron chi connectivity index (χ4n) is 4.03. The van der Waals surface area contributed by atoms with Crippen molar-refractivity contribution >= 4 is 28.4 Å². The minimum absolute atomic E-state index is 0.105. The van der Waals surface area contributed by atoms with E-state index in [2.05, 4.69) is 58.9 Å². The molecule has 3 aromatic heterocycles. The Kier molecular flexibility index (Phi) is 4.66. The molecular weight excluding hydrogens is 390 g/mol. The molecule has 0 spiro atoms. The third kappa shape index (κ3) is 3.74. The highest BCUT2D eigenvalue weighted by Gasteiger charge is 2.30. The highest BCUT2D eigenvalue weighted by molar-refractivity contribution is 5.91. The standard InChI is InChI=1S/C23H27N7O/c1-15-6-5-7-16(10-15)18-12-21(29(3)28-18)25-20-11-19(27-23(2)8-9-31-14-23)17-13-24-30(4)22(17)26-20/h5-7,10-13H,8-9,14H2,1-4H3,(H2,25,26,27)/t23-/m1/s1. The lowest BCUT2D eigenvalue weighted by molar-refractivity contribution is 0.185. The molecule has 31 heavy (non-hydrogen) atoms. The van der Waals surface area contributed by atoms with E-state index in [-0.39, 0.29) is 5.54 Å². The van der Waals surface area contributed by atoms with Gasteiger partial charge >= 0.3 is 0 Å². The number of anilines is 3. The number of aryl methyl sites for hydroxylation is 3. The Morgan fingerprint density at radius 2 is 2.00 bits per heavy atom. The molecule has 4 heterocycles. The molecule has 1 saturated heterocycles. The molecule has 5 rings (SSSR count). The lowest BCUT2D eigenvalue weighted by Crippen LogP contribution is -2.35. The van der Waals surface area contributed by atoms with Crippen LogP contribution < -0.4 is 10.6 Å². The Morgan fingerprint density at radius 1 is 1.13 bits per heavy atom. The van der Waals surface area contributed by atoms with Gasteiger partial charge in [0.05, 0.1) is 35.1 Å². The molecule has 8 heteroatoms. The van der Waals surface area contributed by atoms with Crippen molar-refractivity contribution in [2.75, 3.05) is 23.8 Å². The molecular formula is C23H27N7O. The maximum Gasteiger partial charge on any atom is 0.161 e. The van der Waals surface area contributed by atoms with Gasteiger partial charge in [-0.2, -0.15) is 10.2 Å². The minimum Gasteiger partial charge on any atom is -0.379 e. The molecule has 1 fully saturated rings. The highest BCUT2D eigenvalue weighted by Crippen LogP contribution is 2.32. The maximum absolute atomic E-state index is 5.62. The van der Waals surface area contributed by atoms with Gasteiger partial charge in [0.1, 0.15) is 11.6 Å². The molecule has 0 radical (unpaired) electrons. The smallest absolute Gasteiger partial charge is 0.161 e. The van der Waals surface area contributed by atoms with Crippen molar-refractivity contribution in [2.24, 2.45) is 14.1 Å². The molecule has 1 aliphatic rings. The summed E-state index contributed by atoms with van der Waals surface area (Å²) >= 11 is 0. The molecule has 2 N–H and O–H groups in total. The molecule has 4 aromatic rings. The van der Waals surface area contributed by atoms with E-state index in [1.54, 1.807) is 4.68 Å². The summed E-state index contributed by atoms with van der Waals surface area (Å²) in [4.78, 5) is 4.80. The van der Waals surface area contributed by atoms with Gasteiger partial charge in [0.15, 0.2) is 5.65 Å². The van der Waals surface area contributed by atoms with Crippen molar-refractivity contribution < 1.29 is 4.74 Å². The lowest BCUT2D eigenvalue weighted by atomic mass is 10.0. The second kappa shape index (κ2) is 7.39. The first-order valence-corrected chi connectivity index (χ1v) is 10.5. The first kappa shape index (κ1) is 19.6. The van der Waals surface area contributed by atoms with Crippen molar-refractivity contribution in [3.05, 3.63) is 48.2 Å². The van der Waals surface area contributed by atoms with Gasteiger partial charge in [-0.3, -0.25) is 9.36 Å². The van der Waals surface area contributed by atoms with Crippen molar-refractivity contribution in [2.45, 2.75) is 25.8 Å². The molecule has 1 aliphatic heterocycles. The van der Waals surface area contributed by atoms with E-state index in [0.29, 0.717) is 6.61 Å². The fourth-order valence-corrected chi connectivity index (χ4v) is 4.03. The summed E-state index contributed by atoms with van der Waals surface area (Å²) in [5.74, 6) is 1.60. The molecule has 0 aliphatic carbocycles. The van der Waals surface area contributed by atoms with Crippen LogP contribution in [-0.4, -0.2) is 43.3 Å². The van der Waals surface area contributed by atoms with Gasteiger partial charge in [-0.25, -0.2) is 4.98 Å². The number of aromatic nitrogens is 5. The summed E-state index contributed by atoms with van der Waals surface area (Å²) in [5, 5.41) is 17.2. The summed E-state index contributed by atoms with van der Waals surface area (Å²) in [7, 11) is 3.84. The predicted molar refractivity (Wildman–Crippen MR) is 123 cm³/mol. The average molecular weight is 418 g/mol. The molecule has 0 saturated carbocycles. The summed E-state index contributed by atoms with van der Waals surface area (Å²) in [6, 6.07) is 12.4. The van der Waals surface area contributed by atoms with E-state index in [1.165, 1.54) is 5.56 Å². The van der Waals surface area contributed by atoms with Crippen molar-refractivity contribution in [1.82, 2.24) is 24.5 Å². The van der Waals surface area contributed by atoms with Gasteiger partial charge in [-0.1, -0.05) is 23.8 Å². The zero-order valence-corrected chi connectivity index (χ0v) is 18.3. The number of benzene rings is 1. The topological polar surface area (TPSA) is 81.8 Å². The van der Waals surface area contributed by atoms with Crippen LogP contribution in [0.2, 0.25) is 0 Å². The molecule has 0 bridgehead atoms. The van der Waals surface area contributed by atoms with Crippen LogP contribution in [0.1, 0.15) is 18.9 Å². The SMILES string of the molecule is Cc1cccc(-c2cc(Nc3cc(N[C@]4(C)CCOC4)c4cnn(C)c4n3)n(C)n2)c1. The second-order valence-corrected chi connectivity index (χ2v) is 8.58. The Balaban J connectivity index is 1.50. The quantitative estimate of drug-likeness (QED) is 0.511. The van der Waals surface area contributed by atoms with Crippen LogP contribution in [0.25, 0.3) is 22.3 Å². The van der Waals surface area contributed by atoms with E-state index in [1.807, 2.05) is 37.1 Å². The van der Waals surface area contributed by atoms with E-state index in [4.69, 9.17) is 9.72 Å². The van der Waals surface area contributed by atoms with Crippen LogP contribution in [0.4, 0.5) is 17.3 Å². The van der Waals surface area contributed by atoms with E-state index in [9.17, 15) is 0 Å². The van der Waals surface area contributed by atoms with E-state index < -0.39 is 0 Å². The summed E-state index contributed by atoms with van der Waals surface area (Å²) < 4.78 is 9.25. The second-order valence-electron chi connectivity index (χ2n) is 8.58. The van der Waals surface area contributed by atoms with Gasteiger partial charge in [0, 0.05) is 38.4 Å². The van der Waals surface area contributed by atoms with Crippen LogP contribution in [0.15, 0.2) is 42.6 Å². The normalized spacial score (nSPS) is 18.6. The zero-order chi connectivity index (χ0) is 21.6. The fraction of sp³-hybridized carbons (Fsp3) is 0.348. The Labute approximate surface area is 181 Å². The summed E-state index contributed by atoms with van der Waals surface area (Å²) in [5.41, 5.74) is 4.93. The first-order valence-electron chi connectivity index (χ1n) is 10.5. The zero-order valence-electron chi connectivity index (χ0n) is 18.3. The number of hydrogen-bond donors (Lipinski definition) is 2. The number of fused-ring (bicyclic) bond motifs is 1. The summed E-state index contributed by atoms with van der Waals surface area (Å²) in [6.45, 7) is 5.72. The van der Waals surface area contributed by atoms with Crippen molar-refractivity contribution in [1.29, 1.82) is 0 Å². The number of pyridine rings is 1. The molecule has 0 amide bonds. The van der Waals surface area contributed by atoms with Crippen LogP contribution in [0.5, 0.6) is 0 Å². The number of nitrogens with one attached hydrogen (secondary N) is 2. The number of ether oxygens (including phenoxy) is 1. The van der Waals surface area contributed by atoms with Gasteiger partial charge in [-0.05, 0) is 26.3 Å². The van der Waals surface area contributed by atoms with Gasteiger partial charge in [0.25, 0.3) is 0 Å². The molecule has 8 nitrogen and oxygen atoms in total. The average Bonchev–Trinajstić information content (AvgIpc) is 3.42. The van der Waals surface area contributed by atoms with Crippen molar-refractivity contribution in [3.8, 4) is 11.3 Å². The highest BCUT2D eigenvalue weighted by atomic mass is 16.5. The van der Waals surface area contributed by atoms with Gasteiger partial charge in [0.2, 0.25) is 0 Å². The number of hydrogen-bond acceptors (Lipinski definition) is 6. The van der Waals surface area contributed by atoms with Crippen LogP contribution in [0.3, 0.4) is 0 Å². The third-order valence-corrected chi connectivity index (χ3v) is 5.81. The molecule has 1 aromatic carbocycles. The first-order chi connectivity index (χ1) is 14.9. The minimum atomic E-state index is -0.105. The van der Waals surface area contributed by atoms with Gasteiger partial charge in [-0.15, -0.1) is 0 Å².